The van der Waals surface area contributed by atoms with E-state index in [0.717, 1.165) is 5.56 Å². The zero-order valence-electron chi connectivity index (χ0n) is 15.3. The third-order valence-electron chi connectivity index (χ3n) is 4.50. The summed E-state index contributed by atoms with van der Waals surface area (Å²) in [5.41, 5.74) is 1.97. The van der Waals surface area contributed by atoms with E-state index in [-0.39, 0.29) is 23.4 Å². The monoisotopic (exact) mass is 386 g/mol. The topological polar surface area (TPSA) is 51.1 Å². The van der Waals surface area contributed by atoms with Gasteiger partial charge in [-0.2, -0.15) is 0 Å². The van der Waals surface area contributed by atoms with Crippen LogP contribution in [-0.2, 0) is 18.3 Å². The van der Waals surface area contributed by atoms with Gasteiger partial charge in [-0.1, -0.05) is 43.6 Å². The van der Waals surface area contributed by atoms with Crippen LogP contribution in [0.2, 0.25) is 5.02 Å². The van der Waals surface area contributed by atoms with Crippen molar-refractivity contribution in [3.63, 3.8) is 0 Å². The summed E-state index contributed by atoms with van der Waals surface area (Å²) in [6.07, 6.45) is 1.89. The van der Waals surface area contributed by atoms with E-state index >= 15 is 0 Å². The number of aryl methyl sites for hydroxylation is 1. The molecule has 0 bridgehead atoms. The number of carbonyl (C=O) groups excluding carboxylic acids is 2. The van der Waals surface area contributed by atoms with Crippen molar-refractivity contribution >= 4 is 39.9 Å². The highest BCUT2D eigenvalue weighted by molar-refractivity contribution is 6.34. The van der Waals surface area contributed by atoms with Crippen LogP contribution in [0.1, 0.15) is 29.8 Å². The van der Waals surface area contributed by atoms with Crippen LogP contribution in [0.5, 0.6) is 0 Å². The Morgan fingerprint density at radius 3 is 2.63 bits per heavy atom. The lowest BCUT2D eigenvalue weighted by molar-refractivity contribution is -0.121. The van der Waals surface area contributed by atoms with E-state index < -0.39 is 0 Å². The Hall–Kier alpha value is -2.66. The van der Waals surface area contributed by atoms with E-state index in [4.69, 9.17) is 11.6 Å². The van der Waals surface area contributed by atoms with Crippen LogP contribution in [0, 0.1) is 11.7 Å². The van der Waals surface area contributed by atoms with Crippen molar-refractivity contribution in [2.75, 3.05) is 5.32 Å². The Kier molecular flexibility index (Phi) is 5.33. The molecule has 140 valence electrons. The quantitative estimate of drug-likeness (QED) is 0.671. The first-order valence-corrected chi connectivity index (χ1v) is 9.01. The van der Waals surface area contributed by atoms with Crippen LogP contribution < -0.4 is 5.32 Å². The van der Waals surface area contributed by atoms with Crippen molar-refractivity contribution in [3.8, 4) is 0 Å². The summed E-state index contributed by atoms with van der Waals surface area (Å²) in [5.74, 6) is -0.680. The predicted octanol–water partition coefficient (Wildman–Crippen LogP) is 4.99. The summed E-state index contributed by atoms with van der Waals surface area (Å²) >= 11 is 6.28. The molecule has 0 aliphatic heterocycles. The van der Waals surface area contributed by atoms with Crippen molar-refractivity contribution in [3.05, 3.63) is 64.6 Å². The maximum absolute atomic E-state index is 14.0. The second kappa shape index (κ2) is 7.53. The second-order valence-electron chi connectivity index (χ2n) is 6.86. The molecule has 0 saturated carbocycles. The van der Waals surface area contributed by atoms with Crippen molar-refractivity contribution in [2.24, 2.45) is 13.0 Å². The van der Waals surface area contributed by atoms with Gasteiger partial charge in [-0.15, -0.1) is 0 Å². The highest BCUT2D eigenvalue weighted by atomic mass is 35.5. The maximum Gasteiger partial charge on any atom is 0.257 e. The number of hydrogen-bond donors (Lipinski definition) is 1. The van der Waals surface area contributed by atoms with Crippen molar-refractivity contribution < 1.29 is 14.0 Å². The minimum Gasteiger partial charge on any atom is -0.347 e. The summed E-state index contributed by atoms with van der Waals surface area (Å²) in [4.78, 5) is 24.6. The van der Waals surface area contributed by atoms with Crippen LogP contribution in [0.4, 0.5) is 10.1 Å². The average molecular weight is 387 g/mol. The van der Waals surface area contributed by atoms with E-state index in [9.17, 15) is 14.0 Å². The first kappa shape index (κ1) is 19.1. The number of Topliss-reactive ketones (excluding diaryl/α,β-unsaturated/α-hetero) is 1. The van der Waals surface area contributed by atoms with Crippen molar-refractivity contribution in [1.29, 1.82) is 0 Å². The summed E-state index contributed by atoms with van der Waals surface area (Å²) < 4.78 is 15.6. The summed E-state index contributed by atoms with van der Waals surface area (Å²) in [7, 11) is 1.69. The predicted molar refractivity (Wildman–Crippen MR) is 106 cm³/mol. The molecule has 2 aromatic carbocycles. The number of nitrogens with one attached hydrogen (secondary N) is 1. The lowest BCUT2D eigenvalue weighted by Gasteiger charge is -2.09. The molecule has 1 aromatic heterocycles. The molecule has 0 unspecified atom stereocenters. The first-order chi connectivity index (χ1) is 12.8. The number of ketones is 1. The fourth-order valence-electron chi connectivity index (χ4n) is 2.96. The molecule has 1 N–H and O–H groups in total. The molecule has 6 heteroatoms. The molecule has 4 nitrogen and oxygen atoms in total. The number of hydrogen-bond acceptors (Lipinski definition) is 2. The van der Waals surface area contributed by atoms with E-state index in [0.29, 0.717) is 33.6 Å². The lowest BCUT2D eigenvalue weighted by atomic mass is 10.0. The van der Waals surface area contributed by atoms with E-state index in [1.54, 1.807) is 48.1 Å². The minimum atomic E-state index is -0.383. The molecule has 0 aliphatic carbocycles. The molecule has 3 rings (SSSR count). The lowest BCUT2D eigenvalue weighted by Crippen LogP contribution is -2.13. The van der Waals surface area contributed by atoms with Gasteiger partial charge in [0.2, 0.25) is 0 Å². The van der Waals surface area contributed by atoms with Crippen LogP contribution >= 0.6 is 11.6 Å². The highest BCUT2D eigenvalue weighted by Gasteiger charge is 2.17. The number of fused-ring (bicyclic) bond motifs is 1. The SMILES string of the molecule is CC(C)C(=O)Cc1ccc(NC(=O)c2cn(C)c3c(F)cccc23)c(Cl)c1. The Labute approximate surface area is 161 Å². The fourth-order valence-corrected chi connectivity index (χ4v) is 3.22. The van der Waals surface area contributed by atoms with E-state index in [2.05, 4.69) is 5.32 Å². The molecule has 0 saturated heterocycles. The molecule has 1 heterocycles. The van der Waals surface area contributed by atoms with Gasteiger partial charge in [0, 0.05) is 31.0 Å². The number of aromatic nitrogens is 1. The second-order valence-corrected chi connectivity index (χ2v) is 7.26. The maximum atomic E-state index is 14.0. The highest BCUT2D eigenvalue weighted by Crippen LogP contribution is 2.27. The van der Waals surface area contributed by atoms with Gasteiger partial charge in [0.25, 0.3) is 5.91 Å². The van der Waals surface area contributed by atoms with E-state index in [1.165, 1.54) is 6.07 Å². The molecular formula is C21H20ClFN2O2. The number of amides is 1. The van der Waals surface area contributed by atoms with Crippen LogP contribution in [0.3, 0.4) is 0 Å². The molecule has 0 radical (unpaired) electrons. The standard InChI is InChI=1S/C21H20ClFN2O2/c1-12(2)19(26)10-13-7-8-18(16(22)9-13)24-21(27)15-11-25(3)20-14(15)5-4-6-17(20)23/h4-9,11-12H,10H2,1-3H3,(H,24,27). The third-order valence-corrected chi connectivity index (χ3v) is 4.81. The number of halogens is 2. The number of para-hydroxylation sites is 1. The molecule has 0 fully saturated rings. The molecule has 0 aliphatic rings. The van der Waals surface area contributed by atoms with Crippen LogP contribution in [0.25, 0.3) is 10.9 Å². The van der Waals surface area contributed by atoms with Gasteiger partial charge in [-0.25, -0.2) is 4.39 Å². The van der Waals surface area contributed by atoms with Gasteiger partial charge in [-0.3, -0.25) is 9.59 Å². The van der Waals surface area contributed by atoms with E-state index in [1.807, 2.05) is 13.8 Å². The van der Waals surface area contributed by atoms with Crippen molar-refractivity contribution in [2.45, 2.75) is 20.3 Å². The fraction of sp³-hybridized carbons (Fsp3) is 0.238. The van der Waals surface area contributed by atoms with Gasteiger partial charge in [-0.05, 0) is 23.8 Å². The number of benzene rings is 2. The molecule has 1 amide bonds. The molecule has 3 aromatic rings. The van der Waals surface area contributed by atoms with Gasteiger partial charge in [0.1, 0.15) is 11.6 Å². The summed E-state index contributed by atoms with van der Waals surface area (Å²) in [6.45, 7) is 3.71. The molecule has 27 heavy (non-hydrogen) atoms. The van der Waals surface area contributed by atoms with Gasteiger partial charge in [0.05, 0.1) is 21.8 Å². The van der Waals surface area contributed by atoms with Crippen molar-refractivity contribution in [1.82, 2.24) is 4.57 Å². The normalized spacial score (nSPS) is 11.2. The van der Waals surface area contributed by atoms with Gasteiger partial charge in [0.15, 0.2) is 0 Å². The Balaban J connectivity index is 1.85. The number of anilines is 1. The smallest absolute Gasteiger partial charge is 0.257 e. The zero-order valence-corrected chi connectivity index (χ0v) is 16.1. The average Bonchev–Trinajstić information content (AvgIpc) is 2.95. The Morgan fingerprint density at radius 1 is 1.22 bits per heavy atom. The summed E-state index contributed by atoms with van der Waals surface area (Å²) in [6, 6.07) is 9.76. The van der Waals surface area contributed by atoms with Crippen LogP contribution in [-0.4, -0.2) is 16.3 Å². The number of nitrogens with zero attached hydrogens (tertiary/aromatic N) is 1. The minimum absolute atomic E-state index is 0.0464. The molecule has 0 spiro atoms. The Morgan fingerprint density at radius 2 is 1.96 bits per heavy atom. The molecular weight excluding hydrogens is 367 g/mol. The van der Waals surface area contributed by atoms with Crippen LogP contribution in [0.15, 0.2) is 42.6 Å². The summed E-state index contributed by atoms with van der Waals surface area (Å²) in [5, 5.41) is 3.65. The molecule has 0 atom stereocenters. The number of carbonyl (C=O) groups is 2. The Bertz CT molecular complexity index is 1040. The first-order valence-electron chi connectivity index (χ1n) is 8.64. The zero-order chi connectivity index (χ0) is 19.7. The van der Waals surface area contributed by atoms with Gasteiger partial charge >= 0.3 is 0 Å². The third kappa shape index (κ3) is 3.88. The largest absolute Gasteiger partial charge is 0.347 e. The number of rotatable bonds is 5. The van der Waals surface area contributed by atoms with Gasteiger partial charge < -0.3 is 9.88 Å².